The van der Waals surface area contributed by atoms with E-state index in [-0.39, 0.29) is 23.6 Å². The predicted molar refractivity (Wildman–Crippen MR) is 78.3 cm³/mol. The third-order valence-electron chi connectivity index (χ3n) is 3.96. The van der Waals surface area contributed by atoms with Gasteiger partial charge in [0.2, 0.25) is 5.91 Å². The van der Waals surface area contributed by atoms with Crippen LogP contribution < -0.4 is 0 Å². The van der Waals surface area contributed by atoms with Crippen LogP contribution in [0.3, 0.4) is 0 Å². The lowest BCUT2D eigenvalue weighted by atomic mass is 9.96. The zero-order valence-electron chi connectivity index (χ0n) is 12.1. The molecular weight excluding hydrogens is 313 g/mol. The zero-order valence-corrected chi connectivity index (χ0v) is 12.9. The van der Waals surface area contributed by atoms with Crippen molar-refractivity contribution < 1.29 is 23.8 Å². The van der Waals surface area contributed by atoms with Gasteiger partial charge in [-0.25, -0.2) is 9.18 Å². The van der Waals surface area contributed by atoms with E-state index in [1.54, 1.807) is 0 Å². The summed E-state index contributed by atoms with van der Waals surface area (Å²) in [6, 6.07) is 4.17. The van der Waals surface area contributed by atoms with Crippen LogP contribution in [-0.2, 0) is 20.7 Å². The first-order chi connectivity index (χ1) is 10.4. The minimum atomic E-state index is -1.39. The van der Waals surface area contributed by atoms with Crippen LogP contribution in [0.5, 0.6) is 0 Å². The van der Waals surface area contributed by atoms with E-state index in [9.17, 15) is 19.1 Å². The molecule has 5 nitrogen and oxygen atoms in total. The average Bonchev–Trinajstić information content (AvgIpc) is 2.88. The lowest BCUT2D eigenvalue weighted by molar-refractivity contribution is -0.160. The molecule has 120 valence electrons. The van der Waals surface area contributed by atoms with Gasteiger partial charge in [-0.15, -0.1) is 0 Å². The van der Waals surface area contributed by atoms with Gasteiger partial charge >= 0.3 is 5.97 Å². The van der Waals surface area contributed by atoms with Crippen molar-refractivity contribution in [2.24, 2.45) is 0 Å². The Balaban J connectivity index is 2.26. The third kappa shape index (κ3) is 2.94. The van der Waals surface area contributed by atoms with E-state index < -0.39 is 23.2 Å². The number of methoxy groups -OCH3 is 1. The summed E-state index contributed by atoms with van der Waals surface area (Å²) in [4.78, 5) is 25.4. The van der Waals surface area contributed by atoms with Crippen molar-refractivity contribution in [1.82, 2.24) is 4.90 Å². The van der Waals surface area contributed by atoms with Crippen molar-refractivity contribution in [3.05, 3.63) is 34.6 Å². The molecule has 1 aliphatic rings. The average molecular weight is 330 g/mol. The van der Waals surface area contributed by atoms with Crippen LogP contribution in [0, 0.1) is 5.82 Å². The Labute approximate surface area is 132 Å². The topological polar surface area (TPSA) is 66.8 Å². The molecule has 1 saturated heterocycles. The number of aliphatic carboxylic acids is 1. The van der Waals surface area contributed by atoms with Gasteiger partial charge in [-0.05, 0) is 25.0 Å². The van der Waals surface area contributed by atoms with Gasteiger partial charge in [-0.3, -0.25) is 4.79 Å². The first-order valence-corrected chi connectivity index (χ1v) is 7.26. The molecule has 1 aliphatic heterocycles. The highest BCUT2D eigenvalue weighted by molar-refractivity contribution is 6.31. The largest absolute Gasteiger partial charge is 0.479 e. The van der Waals surface area contributed by atoms with Gasteiger partial charge in [-0.1, -0.05) is 17.7 Å². The molecule has 1 fully saturated rings. The summed E-state index contributed by atoms with van der Waals surface area (Å²) in [5.74, 6) is -2.16. The van der Waals surface area contributed by atoms with E-state index in [0.717, 1.165) is 0 Å². The van der Waals surface area contributed by atoms with E-state index in [1.807, 2.05) is 0 Å². The standard InChI is InChI=1S/C15H17ClFNO4/c1-22-9-15(14(20)21)6-3-7-18(15)13(19)8-10-11(16)4-2-5-12(10)17/h2,4-5H,3,6-9H2,1H3,(H,20,21). The highest BCUT2D eigenvalue weighted by atomic mass is 35.5. The molecule has 1 heterocycles. The lowest BCUT2D eigenvalue weighted by Crippen LogP contribution is -2.56. The molecule has 1 unspecified atom stereocenters. The highest BCUT2D eigenvalue weighted by Gasteiger charge is 2.50. The molecule has 22 heavy (non-hydrogen) atoms. The molecule has 0 aliphatic carbocycles. The highest BCUT2D eigenvalue weighted by Crippen LogP contribution is 2.31. The molecule has 1 amide bonds. The van der Waals surface area contributed by atoms with Crippen molar-refractivity contribution in [2.75, 3.05) is 20.3 Å². The number of carboxylic acid groups (broad SMARTS) is 1. The first kappa shape index (κ1) is 16.7. The predicted octanol–water partition coefficient (Wildman–Crippen LogP) is 2.11. The number of benzene rings is 1. The number of carboxylic acids is 1. The van der Waals surface area contributed by atoms with Gasteiger partial charge in [0, 0.05) is 24.2 Å². The van der Waals surface area contributed by atoms with Crippen LogP contribution in [0.2, 0.25) is 5.02 Å². The quantitative estimate of drug-likeness (QED) is 0.898. The maximum absolute atomic E-state index is 13.8. The van der Waals surface area contributed by atoms with Crippen molar-refractivity contribution in [2.45, 2.75) is 24.8 Å². The van der Waals surface area contributed by atoms with Crippen molar-refractivity contribution in [1.29, 1.82) is 0 Å². The van der Waals surface area contributed by atoms with Crippen LogP contribution >= 0.6 is 11.6 Å². The van der Waals surface area contributed by atoms with E-state index in [0.29, 0.717) is 19.4 Å². The van der Waals surface area contributed by atoms with Crippen LogP contribution in [0.15, 0.2) is 18.2 Å². The zero-order chi connectivity index (χ0) is 16.3. The van der Waals surface area contributed by atoms with Crippen LogP contribution in [0.4, 0.5) is 4.39 Å². The number of carbonyl (C=O) groups excluding carboxylic acids is 1. The van der Waals surface area contributed by atoms with Crippen molar-refractivity contribution in [3.8, 4) is 0 Å². The van der Waals surface area contributed by atoms with Gasteiger partial charge < -0.3 is 14.7 Å². The van der Waals surface area contributed by atoms with Crippen molar-refractivity contribution in [3.63, 3.8) is 0 Å². The monoisotopic (exact) mass is 329 g/mol. The number of hydrogen-bond acceptors (Lipinski definition) is 3. The number of ether oxygens (including phenoxy) is 1. The third-order valence-corrected chi connectivity index (χ3v) is 4.31. The van der Waals surface area contributed by atoms with Gasteiger partial charge in [0.15, 0.2) is 5.54 Å². The molecule has 0 saturated carbocycles. The van der Waals surface area contributed by atoms with Gasteiger partial charge in [0.1, 0.15) is 5.82 Å². The summed E-state index contributed by atoms with van der Waals surface area (Å²) in [7, 11) is 1.39. The Kier molecular flexibility index (Phi) is 5.03. The van der Waals surface area contributed by atoms with Crippen LogP contribution in [0.25, 0.3) is 0 Å². The molecule has 1 aromatic carbocycles. The molecule has 0 bridgehead atoms. The van der Waals surface area contributed by atoms with E-state index in [4.69, 9.17) is 16.3 Å². The Bertz CT molecular complexity index is 575. The molecule has 0 aromatic heterocycles. The summed E-state index contributed by atoms with van der Waals surface area (Å²) < 4.78 is 18.8. The van der Waals surface area contributed by atoms with Crippen LogP contribution in [0.1, 0.15) is 18.4 Å². The Morgan fingerprint density at radius 1 is 1.50 bits per heavy atom. The summed E-state index contributed by atoms with van der Waals surface area (Å²) in [5.41, 5.74) is -1.30. The molecule has 1 atom stereocenters. The SMILES string of the molecule is COCC1(C(=O)O)CCCN1C(=O)Cc1c(F)cccc1Cl. The fraction of sp³-hybridized carbons (Fsp3) is 0.467. The summed E-state index contributed by atoms with van der Waals surface area (Å²) >= 11 is 5.92. The minimum absolute atomic E-state index is 0.0813. The van der Waals surface area contributed by atoms with E-state index in [1.165, 1.54) is 30.2 Å². The Morgan fingerprint density at radius 3 is 2.82 bits per heavy atom. The summed E-state index contributed by atoms with van der Waals surface area (Å²) in [6.45, 7) is 0.208. The fourth-order valence-corrected chi connectivity index (χ4v) is 3.09. The van der Waals surface area contributed by atoms with Gasteiger partial charge in [-0.2, -0.15) is 0 Å². The smallest absolute Gasteiger partial charge is 0.332 e. The van der Waals surface area contributed by atoms with Crippen molar-refractivity contribution >= 4 is 23.5 Å². The molecular formula is C15H17ClFNO4. The fourth-order valence-electron chi connectivity index (χ4n) is 2.86. The molecule has 1 N–H and O–H groups in total. The second-order valence-corrected chi connectivity index (χ2v) is 5.70. The van der Waals surface area contributed by atoms with Gasteiger partial charge in [0.25, 0.3) is 0 Å². The number of amides is 1. The number of rotatable bonds is 5. The Hall–Kier alpha value is -1.66. The summed E-state index contributed by atoms with van der Waals surface area (Å²) in [5, 5.41) is 9.67. The maximum atomic E-state index is 13.8. The second-order valence-electron chi connectivity index (χ2n) is 5.30. The Morgan fingerprint density at radius 2 is 2.23 bits per heavy atom. The lowest BCUT2D eigenvalue weighted by Gasteiger charge is -2.34. The van der Waals surface area contributed by atoms with Gasteiger partial charge in [0.05, 0.1) is 13.0 Å². The number of halogens is 2. The minimum Gasteiger partial charge on any atom is -0.479 e. The molecule has 1 aromatic rings. The second kappa shape index (κ2) is 6.62. The normalized spacial score (nSPS) is 21.1. The number of hydrogen-bond donors (Lipinski definition) is 1. The molecule has 7 heteroatoms. The molecule has 0 spiro atoms. The first-order valence-electron chi connectivity index (χ1n) is 6.88. The number of nitrogens with zero attached hydrogens (tertiary/aromatic N) is 1. The van der Waals surface area contributed by atoms with Crippen LogP contribution in [-0.4, -0.2) is 47.7 Å². The molecule has 0 radical (unpaired) electrons. The van der Waals surface area contributed by atoms with E-state index in [2.05, 4.69) is 0 Å². The maximum Gasteiger partial charge on any atom is 0.332 e. The number of likely N-dealkylation sites (tertiary alicyclic amines) is 1. The van der Waals surface area contributed by atoms with E-state index >= 15 is 0 Å². The summed E-state index contributed by atoms with van der Waals surface area (Å²) in [6.07, 6.45) is 0.601. The molecule has 2 rings (SSSR count). The number of carbonyl (C=O) groups is 2.